The van der Waals surface area contributed by atoms with Gasteiger partial charge in [0.15, 0.2) is 0 Å². The molecular formula is C21H19FN2O4. The number of aryl methyl sites for hydroxylation is 2. The summed E-state index contributed by atoms with van der Waals surface area (Å²) in [5.74, 6) is -1.34. The molecule has 0 saturated heterocycles. The predicted molar refractivity (Wildman–Crippen MR) is 100 cm³/mol. The van der Waals surface area contributed by atoms with Crippen molar-refractivity contribution in [2.24, 2.45) is 0 Å². The molecule has 0 aliphatic carbocycles. The van der Waals surface area contributed by atoms with Crippen LogP contribution in [0.25, 0.3) is 0 Å². The summed E-state index contributed by atoms with van der Waals surface area (Å²) in [5, 5.41) is 6.48. The summed E-state index contributed by atoms with van der Waals surface area (Å²) in [7, 11) is 0. The molecule has 0 saturated carbocycles. The van der Waals surface area contributed by atoms with E-state index >= 15 is 0 Å². The van der Waals surface area contributed by atoms with Crippen LogP contribution in [0.3, 0.4) is 0 Å². The smallest absolute Gasteiger partial charge is 0.344 e. The molecule has 0 fully saturated rings. The molecule has 3 aromatic rings. The minimum absolute atomic E-state index is 0.220. The van der Waals surface area contributed by atoms with Gasteiger partial charge in [-0.25, -0.2) is 9.18 Å². The molecule has 6 nitrogen and oxygen atoms in total. The number of aromatic nitrogens is 1. The summed E-state index contributed by atoms with van der Waals surface area (Å²) < 4.78 is 23.7. The van der Waals surface area contributed by atoms with Crippen LogP contribution >= 0.6 is 0 Å². The Morgan fingerprint density at radius 2 is 1.82 bits per heavy atom. The zero-order valence-electron chi connectivity index (χ0n) is 15.4. The molecule has 1 heterocycles. The molecule has 7 heteroatoms. The fraction of sp³-hybridized carbons (Fsp3) is 0.190. The number of anilines is 1. The normalized spacial score (nSPS) is 11.7. The maximum Gasteiger partial charge on any atom is 0.344 e. The highest BCUT2D eigenvalue weighted by Gasteiger charge is 2.29. The fourth-order valence-corrected chi connectivity index (χ4v) is 2.73. The Labute approximate surface area is 161 Å². The number of nitrogens with zero attached hydrogens (tertiary/aromatic N) is 1. The fourth-order valence-electron chi connectivity index (χ4n) is 2.73. The van der Waals surface area contributed by atoms with Gasteiger partial charge in [-0.05, 0) is 37.6 Å². The van der Waals surface area contributed by atoms with Crippen molar-refractivity contribution < 1.29 is 23.2 Å². The number of amides is 1. The molecule has 0 radical (unpaired) electrons. The largest absolute Gasteiger partial charge is 0.444 e. The van der Waals surface area contributed by atoms with E-state index in [4.69, 9.17) is 9.26 Å². The number of carbonyl (C=O) groups excluding carboxylic acids is 2. The summed E-state index contributed by atoms with van der Waals surface area (Å²) in [6.45, 7) is 3.45. The van der Waals surface area contributed by atoms with Crippen molar-refractivity contribution >= 4 is 17.6 Å². The van der Waals surface area contributed by atoms with Crippen molar-refractivity contribution in [2.45, 2.75) is 26.4 Å². The van der Waals surface area contributed by atoms with Crippen molar-refractivity contribution in [3.8, 4) is 0 Å². The molecule has 1 amide bonds. The number of ether oxygens (including phenoxy) is 1. The number of rotatable bonds is 6. The van der Waals surface area contributed by atoms with Crippen LogP contribution in [0.5, 0.6) is 0 Å². The quantitative estimate of drug-likeness (QED) is 0.646. The zero-order valence-corrected chi connectivity index (χ0v) is 15.4. The van der Waals surface area contributed by atoms with E-state index in [1.165, 1.54) is 24.3 Å². The maximum atomic E-state index is 13.1. The minimum atomic E-state index is -1.20. The van der Waals surface area contributed by atoms with E-state index in [0.29, 0.717) is 29.1 Å². The number of esters is 1. The Hall–Kier alpha value is -3.48. The van der Waals surface area contributed by atoms with E-state index in [0.717, 1.165) is 0 Å². The third-order valence-corrected chi connectivity index (χ3v) is 4.15. The number of carbonyl (C=O) groups is 2. The molecule has 0 spiro atoms. The van der Waals surface area contributed by atoms with E-state index in [-0.39, 0.29) is 5.56 Å². The van der Waals surface area contributed by atoms with Crippen LogP contribution in [-0.2, 0) is 16.0 Å². The van der Waals surface area contributed by atoms with E-state index in [1.807, 2.05) is 6.92 Å². The van der Waals surface area contributed by atoms with Gasteiger partial charge in [0, 0.05) is 11.3 Å². The molecule has 1 atom stereocenters. The van der Waals surface area contributed by atoms with Gasteiger partial charge in [0.25, 0.3) is 5.91 Å². The van der Waals surface area contributed by atoms with Gasteiger partial charge in [-0.3, -0.25) is 4.79 Å². The Balaban J connectivity index is 1.87. The van der Waals surface area contributed by atoms with Gasteiger partial charge in [0.05, 0.1) is 5.69 Å². The molecule has 144 valence electrons. The lowest BCUT2D eigenvalue weighted by Gasteiger charge is -2.18. The second-order valence-corrected chi connectivity index (χ2v) is 6.11. The SMILES string of the molecule is CCc1noc(C)c1C(=O)O[C@@H](C(=O)Nc1ccc(F)cc1)c1ccccc1. The molecular weight excluding hydrogens is 363 g/mol. The van der Waals surface area contributed by atoms with Gasteiger partial charge < -0.3 is 14.6 Å². The lowest BCUT2D eigenvalue weighted by molar-refractivity contribution is -0.125. The first-order valence-corrected chi connectivity index (χ1v) is 8.77. The maximum absolute atomic E-state index is 13.1. The second-order valence-electron chi connectivity index (χ2n) is 6.11. The Morgan fingerprint density at radius 1 is 1.14 bits per heavy atom. The zero-order chi connectivity index (χ0) is 20.1. The van der Waals surface area contributed by atoms with Gasteiger partial charge in [0.2, 0.25) is 6.10 Å². The Kier molecular flexibility index (Phi) is 5.84. The summed E-state index contributed by atoms with van der Waals surface area (Å²) in [6, 6.07) is 14.0. The number of nitrogens with one attached hydrogen (secondary N) is 1. The van der Waals surface area contributed by atoms with E-state index in [2.05, 4.69) is 10.5 Å². The third kappa shape index (κ3) is 4.25. The topological polar surface area (TPSA) is 81.4 Å². The van der Waals surface area contributed by atoms with Crippen LogP contribution < -0.4 is 5.32 Å². The van der Waals surface area contributed by atoms with Crippen LogP contribution in [-0.4, -0.2) is 17.0 Å². The number of benzene rings is 2. The Bertz CT molecular complexity index is 968. The van der Waals surface area contributed by atoms with Crippen LogP contribution in [0.4, 0.5) is 10.1 Å². The van der Waals surface area contributed by atoms with Crippen molar-refractivity contribution in [2.75, 3.05) is 5.32 Å². The summed E-state index contributed by atoms with van der Waals surface area (Å²) in [5.41, 5.74) is 1.58. The highest BCUT2D eigenvalue weighted by atomic mass is 19.1. The number of hydrogen-bond acceptors (Lipinski definition) is 5. The lowest BCUT2D eigenvalue weighted by Crippen LogP contribution is -2.26. The van der Waals surface area contributed by atoms with Crippen LogP contribution in [0.2, 0.25) is 0 Å². The standard InChI is InChI=1S/C21H19FN2O4/c1-3-17-18(13(2)28-24-17)21(26)27-19(14-7-5-4-6-8-14)20(25)23-16-11-9-15(22)10-12-16/h4-12,19H,3H2,1-2H3,(H,23,25)/t19-/m1/s1. The lowest BCUT2D eigenvalue weighted by atomic mass is 10.1. The number of hydrogen-bond donors (Lipinski definition) is 1. The van der Waals surface area contributed by atoms with Gasteiger partial charge in [0.1, 0.15) is 17.1 Å². The van der Waals surface area contributed by atoms with E-state index in [9.17, 15) is 14.0 Å². The average molecular weight is 382 g/mol. The predicted octanol–water partition coefficient (Wildman–Crippen LogP) is 4.22. The van der Waals surface area contributed by atoms with Crippen molar-refractivity contribution in [3.63, 3.8) is 0 Å². The first kappa shape index (κ1) is 19.3. The molecule has 2 aromatic carbocycles. The van der Waals surface area contributed by atoms with E-state index in [1.54, 1.807) is 37.3 Å². The average Bonchev–Trinajstić information content (AvgIpc) is 3.09. The van der Waals surface area contributed by atoms with Gasteiger partial charge in [-0.2, -0.15) is 0 Å². The first-order valence-electron chi connectivity index (χ1n) is 8.77. The third-order valence-electron chi connectivity index (χ3n) is 4.15. The number of halogens is 1. The van der Waals surface area contributed by atoms with E-state index < -0.39 is 23.8 Å². The van der Waals surface area contributed by atoms with Crippen molar-refractivity contribution in [1.82, 2.24) is 5.16 Å². The molecule has 0 bridgehead atoms. The molecule has 3 rings (SSSR count). The van der Waals surface area contributed by atoms with Crippen LogP contribution in [0.1, 0.15) is 40.4 Å². The van der Waals surface area contributed by atoms with Gasteiger partial charge in [-0.1, -0.05) is 42.4 Å². The first-order chi connectivity index (χ1) is 13.5. The van der Waals surface area contributed by atoms with Crippen LogP contribution in [0.15, 0.2) is 59.1 Å². The highest BCUT2D eigenvalue weighted by molar-refractivity contribution is 5.98. The molecule has 1 aromatic heterocycles. The van der Waals surface area contributed by atoms with Gasteiger partial charge in [-0.15, -0.1) is 0 Å². The Morgan fingerprint density at radius 3 is 2.46 bits per heavy atom. The summed E-state index contributed by atoms with van der Waals surface area (Å²) >= 11 is 0. The molecule has 1 N–H and O–H groups in total. The molecule has 28 heavy (non-hydrogen) atoms. The highest BCUT2D eigenvalue weighted by Crippen LogP contribution is 2.24. The minimum Gasteiger partial charge on any atom is -0.444 e. The summed E-state index contributed by atoms with van der Waals surface area (Å²) in [6.07, 6.45) is -0.711. The molecule has 0 aliphatic heterocycles. The molecule has 0 unspecified atom stereocenters. The summed E-state index contributed by atoms with van der Waals surface area (Å²) in [4.78, 5) is 25.6. The van der Waals surface area contributed by atoms with Crippen molar-refractivity contribution in [1.29, 1.82) is 0 Å². The monoisotopic (exact) mass is 382 g/mol. The van der Waals surface area contributed by atoms with Crippen LogP contribution in [0, 0.1) is 12.7 Å². The molecule has 0 aliphatic rings. The van der Waals surface area contributed by atoms with Crippen molar-refractivity contribution in [3.05, 3.63) is 83.0 Å². The van der Waals surface area contributed by atoms with Gasteiger partial charge >= 0.3 is 5.97 Å². The second kappa shape index (κ2) is 8.47.